The largest absolute Gasteiger partial charge is 0.483 e. The Morgan fingerprint density at radius 3 is 0.814 bits per heavy atom. The summed E-state index contributed by atoms with van der Waals surface area (Å²) in [4.78, 5) is 48.0. The monoisotopic (exact) mass is 832 g/mol. The molecule has 0 aromatic rings. The van der Waals surface area contributed by atoms with Crippen LogP contribution in [0.15, 0.2) is 35.5 Å². The Balaban J connectivity index is 1.78. The number of nitrogens with zero attached hydrogens (tertiary/aromatic N) is 3. The van der Waals surface area contributed by atoms with Gasteiger partial charge in [-0.15, -0.1) is 0 Å². The number of hydrogen-bond donors (Lipinski definition) is 0. The van der Waals surface area contributed by atoms with Crippen molar-refractivity contribution in [1.29, 1.82) is 0 Å². The molecule has 3 aliphatic heterocycles. The lowest BCUT2D eigenvalue weighted by Crippen LogP contribution is -2.60. The number of likely N-dealkylation sites (tertiary alicyclic amines) is 3. The first kappa shape index (κ1) is 50.3. The summed E-state index contributed by atoms with van der Waals surface area (Å²) in [6, 6.07) is 0. The van der Waals surface area contributed by atoms with Crippen LogP contribution in [0.25, 0.3) is 0 Å². The molecule has 0 aliphatic carbocycles. The van der Waals surface area contributed by atoms with Crippen molar-refractivity contribution in [3.63, 3.8) is 0 Å². The van der Waals surface area contributed by atoms with Crippen LogP contribution in [0.1, 0.15) is 149 Å². The fourth-order valence-electron chi connectivity index (χ4n) is 9.39. The topological polar surface area (TPSA) is 116 Å². The minimum absolute atomic E-state index is 0.102. The molecule has 0 aromatic heterocycles. The molecule has 3 saturated heterocycles. The average molecular weight is 832 g/mol. The van der Waals surface area contributed by atoms with Gasteiger partial charge in [0.15, 0.2) is 0 Å². The molecule has 0 unspecified atom stereocenters. The van der Waals surface area contributed by atoms with Crippen molar-refractivity contribution in [2.24, 2.45) is 5.41 Å². The maximum absolute atomic E-state index is 13.7. The van der Waals surface area contributed by atoms with E-state index in [1.165, 1.54) is 0 Å². The maximum atomic E-state index is 13.7. The summed E-state index contributed by atoms with van der Waals surface area (Å²) >= 11 is 0. The van der Waals surface area contributed by atoms with Crippen molar-refractivity contribution < 1.29 is 42.8 Å². The zero-order valence-corrected chi connectivity index (χ0v) is 40.3. The van der Waals surface area contributed by atoms with Gasteiger partial charge in [0.2, 0.25) is 17.3 Å². The van der Waals surface area contributed by atoms with Crippen LogP contribution in [0.2, 0.25) is 0 Å². The molecule has 0 N–H and O–H groups in total. The van der Waals surface area contributed by atoms with Crippen LogP contribution >= 0.6 is 0 Å². The minimum atomic E-state index is -1.15. The molecule has 0 atom stereocenters. The molecule has 3 rings (SSSR count). The first-order chi connectivity index (χ1) is 26.8. The average Bonchev–Trinajstić information content (AvgIpc) is 3.11. The number of hydrogen-bond acceptors (Lipinski definition) is 12. The zero-order valence-electron chi connectivity index (χ0n) is 40.3. The number of carbonyl (C=O) groups is 3. The molecule has 0 amide bonds. The van der Waals surface area contributed by atoms with Crippen LogP contribution in [0.5, 0.6) is 0 Å². The van der Waals surface area contributed by atoms with Crippen LogP contribution in [0, 0.1) is 5.41 Å². The molecule has 338 valence electrons. The van der Waals surface area contributed by atoms with Crippen LogP contribution in [0.4, 0.5) is 0 Å². The predicted octanol–water partition coefficient (Wildman–Crippen LogP) is 8.34. The van der Waals surface area contributed by atoms with Crippen molar-refractivity contribution in [2.45, 2.75) is 201 Å². The van der Waals surface area contributed by atoms with Gasteiger partial charge in [-0.05, 0) is 150 Å². The summed E-state index contributed by atoms with van der Waals surface area (Å²) in [5.41, 5.74) is -2.03. The second-order valence-corrected chi connectivity index (χ2v) is 21.5. The fraction of sp³-hybridized carbons (Fsp3) is 0.809. The molecule has 0 spiro atoms. The predicted molar refractivity (Wildman–Crippen MR) is 232 cm³/mol. The van der Waals surface area contributed by atoms with Crippen LogP contribution in [-0.2, 0) is 42.8 Å². The highest BCUT2D eigenvalue weighted by molar-refractivity contribution is 5.87. The first-order valence-electron chi connectivity index (χ1n) is 21.6. The number of ether oxygens (including phenoxy) is 6. The molecule has 3 aliphatic rings. The van der Waals surface area contributed by atoms with E-state index in [1.807, 2.05) is 0 Å². The van der Waals surface area contributed by atoms with E-state index in [2.05, 4.69) is 119 Å². The number of esters is 3. The Morgan fingerprint density at radius 1 is 0.458 bits per heavy atom. The number of carbonyl (C=O) groups excluding carboxylic acids is 3. The minimum Gasteiger partial charge on any atom is -0.483 e. The van der Waals surface area contributed by atoms with E-state index in [0.29, 0.717) is 0 Å². The molecular weight excluding hydrogens is 751 g/mol. The van der Waals surface area contributed by atoms with E-state index < -0.39 is 23.3 Å². The Labute approximate surface area is 357 Å². The van der Waals surface area contributed by atoms with Crippen molar-refractivity contribution in [1.82, 2.24) is 14.7 Å². The molecule has 0 aromatic carbocycles. The Morgan fingerprint density at radius 2 is 0.644 bits per heavy atom. The van der Waals surface area contributed by atoms with Crippen LogP contribution in [0.3, 0.4) is 0 Å². The Hall–Kier alpha value is -3.09. The van der Waals surface area contributed by atoms with Gasteiger partial charge in [0.1, 0.15) is 38.1 Å². The summed E-state index contributed by atoms with van der Waals surface area (Å²) in [6.45, 7) is 32.3. The lowest BCUT2D eigenvalue weighted by Gasteiger charge is -2.53. The van der Waals surface area contributed by atoms with Crippen molar-refractivity contribution in [3.05, 3.63) is 35.5 Å². The summed E-state index contributed by atoms with van der Waals surface area (Å²) in [7, 11) is 6.35. The number of allylic oxidation sites excluding steroid dienone is 3. The molecule has 0 bridgehead atoms. The van der Waals surface area contributed by atoms with Gasteiger partial charge in [0.05, 0.1) is 5.41 Å². The van der Waals surface area contributed by atoms with Crippen LogP contribution in [-0.4, -0.2) is 125 Å². The number of piperidine rings is 3. The third kappa shape index (κ3) is 12.5. The SMILES string of the molecule is CC=C(OC1CC(C)(C)N(C)C(C)(C)C1)C(=O)OCC(C)(COC(=O)C(=CC)OC1CC(C)(C)N(C)C(C)(C)C1)COC(=O)C(=CC)OC1CC(C)(C)N(C)C(C)(C)C1. The van der Waals surface area contributed by atoms with Crippen molar-refractivity contribution in [2.75, 3.05) is 41.0 Å². The Bertz CT molecular complexity index is 1370. The van der Waals surface area contributed by atoms with E-state index in [9.17, 15) is 14.4 Å². The van der Waals surface area contributed by atoms with E-state index in [0.717, 1.165) is 38.5 Å². The van der Waals surface area contributed by atoms with Gasteiger partial charge in [-0.25, -0.2) is 14.4 Å². The van der Waals surface area contributed by atoms with Gasteiger partial charge >= 0.3 is 17.9 Å². The van der Waals surface area contributed by atoms with E-state index >= 15 is 0 Å². The lowest BCUT2D eigenvalue weighted by molar-refractivity contribution is -0.163. The fourth-order valence-corrected chi connectivity index (χ4v) is 9.39. The highest BCUT2D eigenvalue weighted by Gasteiger charge is 2.47. The van der Waals surface area contributed by atoms with Crippen molar-refractivity contribution in [3.8, 4) is 0 Å². The molecule has 12 heteroatoms. The van der Waals surface area contributed by atoms with Gasteiger partial charge in [-0.1, -0.05) is 0 Å². The molecule has 3 heterocycles. The highest BCUT2D eigenvalue weighted by Crippen LogP contribution is 2.41. The molecule has 59 heavy (non-hydrogen) atoms. The van der Waals surface area contributed by atoms with Gasteiger partial charge in [-0.3, -0.25) is 14.7 Å². The van der Waals surface area contributed by atoms with Crippen molar-refractivity contribution >= 4 is 17.9 Å². The summed E-state index contributed by atoms with van der Waals surface area (Å²) in [5, 5.41) is 0. The standard InChI is InChI=1S/C47H81N3O9/c1-20-35(57-32-23-41(4,5)48(17)42(6,7)24-32)38(51)54-29-47(16,30-55-39(52)36(21-2)58-33-25-43(8,9)49(18)44(10,11)26-33)31-56-40(53)37(22-3)59-34-27-45(12,13)50(19)46(14,15)28-34/h20-22,32-34H,23-31H2,1-19H3. The second kappa shape index (κ2) is 18.5. The van der Waals surface area contributed by atoms with Gasteiger partial charge in [0.25, 0.3) is 0 Å². The smallest absolute Gasteiger partial charge is 0.373 e. The van der Waals surface area contributed by atoms with E-state index in [-0.39, 0.29) is 88.6 Å². The third-order valence-electron chi connectivity index (χ3n) is 13.7. The van der Waals surface area contributed by atoms with E-state index in [4.69, 9.17) is 28.4 Å². The molecule has 0 radical (unpaired) electrons. The van der Waals surface area contributed by atoms with Crippen LogP contribution < -0.4 is 0 Å². The van der Waals surface area contributed by atoms with Gasteiger partial charge < -0.3 is 28.4 Å². The zero-order chi connectivity index (χ0) is 45.2. The molecule has 0 saturated carbocycles. The normalized spacial score (nSPS) is 25.4. The maximum Gasteiger partial charge on any atom is 0.373 e. The first-order valence-corrected chi connectivity index (χ1v) is 21.6. The summed E-state index contributed by atoms with van der Waals surface area (Å²) < 4.78 is 36.7. The molecule has 12 nitrogen and oxygen atoms in total. The lowest BCUT2D eigenvalue weighted by atomic mass is 9.78. The number of rotatable bonds is 15. The van der Waals surface area contributed by atoms with Gasteiger partial charge in [0, 0.05) is 71.8 Å². The quantitative estimate of drug-likeness (QED) is 0.0684. The Kier molecular flexibility index (Phi) is 15.8. The molecule has 3 fully saturated rings. The van der Waals surface area contributed by atoms with Gasteiger partial charge in [-0.2, -0.15) is 0 Å². The summed E-state index contributed by atoms with van der Waals surface area (Å²) in [5.74, 6) is -1.65. The molecular formula is C47H81N3O9. The van der Waals surface area contributed by atoms with E-state index in [1.54, 1.807) is 45.9 Å². The second-order valence-electron chi connectivity index (χ2n) is 21.5. The summed E-state index contributed by atoms with van der Waals surface area (Å²) in [6.07, 6.45) is 8.58. The highest BCUT2D eigenvalue weighted by atomic mass is 16.6. The third-order valence-corrected chi connectivity index (χ3v) is 13.7.